The minimum atomic E-state index is -0.484. The van der Waals surface area contributed by atoms with Crippen LogP contribution in [0.15, 0.2) is 24.3 Å². The summed E-state index contributed by atoms with van der Waals surface area (Å²) in [6.07, 6.45) is -0.337. The summed E-state index contributed by atoms with van der Waals surface area (Å²) in [5.41, 5.74) is 1.08. The topological polar surface area (TPSA) is 50.7 Å². The highest BCUT2D eigenvalue weighted by Crippen LogP contribution is 2.16. The number of hydrogen-bond donors (Lipinski definition) is 2. The molecule has 0 spiro atoms. The van der Waals surface area contributed by atoms with E-state index in [9.17, 15) is 5.11 Å². The van der Waals surface area contributed by atoms with Gasteiger partial charge in [0.2, 0.25) is 0 Å². The van der Waals surface area contributed by atoms with Crippen molar-refractivity contribution in [1.29, 1.82) is 0 Å². The first-order valence-corrected chi connectivity index (χ1v) is 6.25. The van der Waals surface area contributed by atoms with Crippen LogP contribution in [-0.2, 0) is 11.3 Å². The second-order valence-electron chi connectivity index (χ2n) is 4.48. The van der Waals surface area contributed by atoms with Crippen molar-refractivity contribution >= 4 is 0 Å². The molecule has 2 N–H and O–H groups in total. The number of methoxy groups -OCH3 is 1. The van der Waals surface area contributed by atoms with E-state index in [1.165, 1.54) is 0 Å². The Morgan fingerprint density at radius 1 is 1.28 bits per heavy atom. The number of nitrogens with one attached hydrogen (secondary N) is 1. The zero-order valence-corrected chi connectivity index (χ0v) is 11.3. The average molecular weight is 253 g/mol. The second-order valence-corrected chi connectivity index (χ2v) is 4.48. The van der Waals surface area contributed by atoms with Gasteiger partial charge in [0.1, 0.15) is 5.75 Å². The van der Waals surface area contributed by atoms with Crippen molar-refractivity contribution in [3.05, 3.63) is 29.8 Å². The highest BCUT2D eigenvalue weighted by Gasteiger charge is 2.06. The van der Waals surface area contributed by atoms with E-state index in [0.29, 0.717) is 19.7 Å². The van der Waals surface area contributed by atoms with Crippen molar-refractivity contribution < 1.29 is 14.6 Å². The monoisotopic (exact) mass is 253 g/mol. The van der Waals surface area contributed by atoms with E-state index in [4.69, 9.17) is 9.47 Å². The fourth-order valence-corrected chi connectivity index (χ4v) is 1.58. The van der Waals surface area contributed by atoms with Crippen molar-refractivity contribution in [2.24, 2.45) is 0 Å². The van der Waals surface area contributed by atoms with Gasteiger partial charge < -0.3 is 19.9 Å². The van der Waals surface area contributed by atoms with Gasteiger partial charge in [-0.3, -0.25) is 0 Å². The number of aliphatic hydroxyl groups is 1. The molecule has 0 aliphatic heterocycles. The quantitative estimate of drug-likeness (QED) is 0.738. The van der Waals surface area contributed by atoms with Crippen LogP contribution in [0.2, 0.25) is 0 Å². The van der Waals surface area contributed by atoms with E-state index >= 15 is 0 Å². The normalized spacial score (nSPS) is 12.7. The molecule has 0 aliphatic carbocycles. The van der Waals surface area contributed by atoms with Crippen molar-refractivity contribution in [2.45, 2.75) is 32.6 Å². The number of aliphatic hydroxyl groups excluding tert-OH is 1. The van der Waals surface area contributed by atoms with E-state index in [1.807, 2.05) is 38.1 Å². The summed E-state index contributed by atoms with van der Waals surface area (Å²) in [6, 6.07) is 7.84. The van der Waals surface area contributed by atoms with E-state index in [2.05, 4.69) is 5.32 Å². The molecule has 1 aromatic rings. The van der Waals surface area contributed by atoms with Gasteiger partial charge in [0.25, 0.3) is 0 Å². The van der Waals surface area contributed by atoms with Crippen molar-refractivity contribution in [3.63, 3.8) is 0 Å². The van der Waals surface area contributed by atoms with E-state index in [-0.39, 0.29) is 6.10 Å². The van der Waals surface area contributed by atoms with Crippen LogP contribution in [0, 0.1) is 0 Å². The Kier molecular flexibility index (Phi) is 6.72. The van der Waals surface area contributed by atoms with Crippen LogP contribution in [0.1, 0.15) is 19.4 Å². The van der Waals surface area contributed by atoms with Crippen LogP contribution >= 0.6 is 0 Å². The number of hydrogen-bond acceptors (Lipinski definition) is 4. The number of para-hydroxylation sites is 1. The van der Waals surface area contributed by atoms with Gasteiger partial charge in [0, 0.05) is 18.7 Å². The van der Waals surface area contributed by atoms with Gasteiger partial charge in [0.15, 0.2) is 0 Å². The van der Waals surface area contributed by atoms with Crippen molar-refractivity contribution in [2.75, 3.05) is 20.3 Å². The van der Waals surface area contributed by atoms with Gasteiger partial charge in [-0.2, -0.15) is 0 Å². The molecule has 4 nitrogen and oxygen atoms in total. The zero-order valence-electron chi connectivity index (χ0n) is 11.3. The van der Waals surface area contributed by atoms with Crippen LogP contribution in [0.4, 0.5) is 0 Å². The van der Waals surface area contributed by atoms with E-state index < -0.39 is 6.10 Å². The SMILES string of the molecule is COc1ccccc1CNCC(O)COC(C)C. The summed E-state index contributed by atoms with van der Waals surface area (Å²) >= 11 is 0. The van der Waals surface area contributed by atoms with E-state index in [0.717, 1.165) is 11.3 Å². The fourth-order valence-electron chi connectivity index (χ4n) is 1.58. The smallest absolute Gasteiger partial charge is 0.123 e. The molecule has 0 amide bonds. The third-order valence-corrected chi connectivity index (χ3v) is 2.51. The largest absolute Gasteiger partial charge is 0.496 e. The minimum Gasteiger partial charge on any atom is -0.496 e. The van der Waals surface area contributed by atoms with Crippen LogP contribution < -0.4 is 10.1 Å². The Bertz CT molecular complexity index is 342. The van der Waals surface area contributed by atoms with Gasteiger partial charge in [0.05, 0.1) is 25.9 Å². The van der Waals surface area contributed by atoms with Gasteiger partial charge in [-0.25, -0.2) is 0 Å². The Balaban J connectivity index is 2.28. The van der Waals surface area contributed by atoms with Gasteiger partial charge >= 0.3 is 0 Å². The maximum absolute atomic E-state index is 9.68. The van der Waals surface area contributed by atoms with Crippen LogP contribution in [0.3, 0.4) is 0 Å². The first-order valence-electron chi connectivity index (χ1n) is 6.25. The zero-order chi connectivity index (χ0) is 13.4. The minimum absolute atomic E-state index is 0.147. The number of ether oxygens (including phenoxy) is 2. The molecule has 0 bridgehead atoms. The third-order valence-electron chi connectivity index (χ3n) is 2.51. The summed E-state index contributed by atoms with van der Waals surface area (Å²) < 4.78 is 10.6. The molecular weight excluding hydrogens is 230 g/mol. The van der Waals surface area contributed by atoms with Gasteiger partial charge in [-0.15, -0.1) is 0 Å². The van der Waals surface area contributed by atoms with E-state index in [1.54, 1.807) is 7.11 Å². The molecule has 1 atom stereocenters. The lowest BCUT2D eigenvalue weighted by molar-refractivity contribution is 0.00629. The maximum atomic E-state index is 9.68. The second kappa shape index (κ2) is 8.08. The molecule has 4 heteroatoms. The highest BCUT2D eigenvalue weighted by atomic mass is 16.5. The van der Waals surface area contributed by atoms with Crippen LogP contribution in [-0.4, -0.2) is 37.6 Å². The lowest BCUT2D eigenvalue weighted by Gasteiger charge is -2.15. The first kappa shape index (κ1) is 15.0. The van der Waals surface area contributed by atoms with Crippen molar-refractivity contribution in [3.8, 4) is 5.75 Å². The molecule has 102 valence electrons. The Labute approximate surface area is 109 Å². The molecular formula is C14H23NO3. The molecule has 0 saturated carbocycles. The Morgan fingerprint density at radius 3 is 2.67 bits per heavy atom. The van der Waals surface area contributed by atoms with Gasteiger partial charge in [-0.1, -0.05) is 18.2 Å². The molecule has 1 unspecified atom stereocenters. The maximum Gasteiger partial charge on any atom is 0.123 e. The summed E-state index contributed by atoms with van der Waals surface area (Å²) in [7, 11) is 1.66. The van der Waals surface area contributed by atoms with Crippen LogP contribution in [0.25, 0.3) is 0 Å². The first-order chi connectivity index (χ1) is 8.63. The summed E-state index contributed by atoms with van der Waals surface area (Å²) in [4.78, 5) is 0. The third kappa shape index (κ3) is 5.49. The lowest BCUT2D eigenvalue weighted by Crippen LogP contribution is -2.31. The summed E-state index contributed by atoms with van der Waals surface area (Å²) in [5, 5.41) is 12.9. The predicted molar refractivity (Wildman–Crippen MR) is 71.8 cm³/mol. The molecule has 18 heavy (non-hydrogen) atoms. The molecule has 0 fully saturated rings. The predicted octanol–water partition coefficient (Wildman–Crippen LogP) is 1.57. The lowest BCUT2D eigenvalue weighted by atomic mass is 10.2. The molecule has 0 radical (unpaired) electrons. The Hall–Kier alpha value is -1.10. The molecule has 0 heterocycles. The van der Waals surface area contributed by atoms with Crippen molar-refractivity contribution in [1.82, 2.24) is 5.32 Å². The van der Waals surface area contributed by atoms with Crippen LogP contribution in [0.5, 0.6) is 5.75 Å². The molecule has 0 saturated heterocycles. The summed E-state index contributed by atoms with van der Waals surface area (Å²) in [5.74, 6) is 0.859. The fraction of sp³-hybridized carbons (Fsp3) is 0.571. The number of benzene rings is 1. The molecule has 1 aromatic carbocycles. The molecule has 0 aliphatic rings. The standard InChI is InChI=1S/C14H23NO3/c1-11(2)18-10-13(16)9-15-8-12-6-4-5-7-14(12)17-3/h4-7,11,13,15-16H,8-10H2,1-3H3. The Morgan fingerprint density at radius 2 is 2.00 bits per heavy atom. The molecule has 0 aromatic heterocycles. The highest BCUT2D eigenvalue weighted by molar-refractivity contribution is 5.32. The average Bonchev–Trinajstić information content (AvgIpc) is 2.37. The number of rotatable bonds is 8. The molecule has 1 rings (SSSR count). The van der Waals surface area contributed by atoms with Gasteiger partial charge in [-0.05, 0) is 19.9 Å². The summed E-state index contributed by atoms with van der Waals surface area (Å²) in [6.45, 7) is 5.44.